The van der Waals surface area contributed by atoms with E-state index < -0.39 is 0 Å². The van der Waals surface area contributed by atoms with Crippen molar-refractivity contribution in [2.75, 3.05) is 16.0 Å². The number of hydrogen-bond acceptors (Lipinski definition) is 8. The van der Waals surface area contributed by atoms with Gasteiger partial charge < -0.3 is 20.4 Å². The highest BCUT2D eigenvalue weighted by Gasteiger charge is 2.10. The van der Waals surface area contributed by atoms with Crippen LogP contribution >= 0.6 is 0 Å². The molecule has 0 atom stereocenters. The molecule has 0 aliphatic carbocycles. The van der Waals surface area contributed by atoms with Crippen LogP contribution < -0.4 is 16.0 Å². The van der Waals surface area contributed by atoms with Crippen LogP contribution in [-0.2, 0) is 0 Å². The summed E-state index contributed by atoms with van der Waals surface area (Å²) >= 11 is 0. The van der Waals surface area contributed by atoms with E-state index in [0.29, 0.717) is 28.4 Å². The number of hydrogen-bond donors (Lipinski definition) is 3. The van der Waals surface area contributed by atoms with Crippen molar-refractivity contribution >= 4 is 46.8 Å². The summed E-state index contributed by atoms with van der Waals surface area (Å²) in [4.78, 5) is 25.6. The molecule has 0 fully saturated rings. The average molecular weight is 511 g/mol. The first-order valence-corrected chi connectivity index (χ1v) is 11.4. The summed E-state index contributed by atoms with van der Waals surface area (Å²) in [7, 11) is 0. The lowest BCUT2D eigenvalue weighted by molar-refractivity contribution is 0.104. The van der Waals surface area contributed by atoms with E-state index in [1.54, 1.807) is 66.7 Å². The van der Waals surface area contributed by atoms with Gasteiger partial charge >= 0.3 is 0 Å². The van der Waals surface area contributed by atoms with E-state index in [0.717, 1.165) is 0 Å². The molecule has 0 spiro atoms. The van der Waals surface area contributed by atoms with E-state index in [-0.39, 0.29) is 35.3 Å². The first-order valence-electron chi connectivity index (χ1n) is 11.4. The number of nitrogens with zero attached hydrogens (tertiary/aromatic N) is 3. The van der Waals surface area contributed by atoms with Crippen LogP contribution in [0, 0.1) is 11.6 Å². The predicted octanol–water partition coefficient (Wildman–Crippen LogP) is 6.87. The second-order valence-electron chi connectivity index (χ2n) is 7.99. The number of anilines is 6. The van der Waals surface area contributed by atoms with Gasteiger partial charge in [-0.05, 0) is 97.1 Å². The molecule has 0 amide bonds. The van der Waals surface area contributed by atoms with Gasteiger partial charge in [0.25, 0.3) is 0 Å². The molecule has 0 radical (unpaired) electrons. The molecule has 2 aromatic heterocycles. The fraction of sp³-hybridized carbons (Fsp3) is 0. The summed E-state index contributed by atoms with van der Waals surface area (Å²) in [6.45, 7) is 0. The molecule has 3 N–H and O–H groups in total. The van der Waals surface area contributed by atoms with Crippen LogP contribution in [0.1, 0.15) is 16.1 Å². The topological polar surface area (TPSA) is 105 Å². The standard InChI is InChI=1S/C28H20F2N6O2/c29-19-5-11-22(12-6-19)32-27-34-26(35-28(36-27)33-23-13-7-20(30)8-14-23)31-21-9-3-18(4-10-21)25(37)16-15-24-2-1-17-38-24/h1-17H,(H3,31,32,33,34,35,36)/b16-15+. The third-order valence-electron chi connectivity index (χ3n) is 5.20. The van der Waals surface area contributed by atoms with Gasteiger partial charge in [0.05, 0.1) is 6.26 Å². The van der Waals surface area contributed by atoms with Crippen molar-refractivity contribution in [3.63, 3.8) is 0 Å². The van der Waals surface area contributed by atoms with Crippen LogP contribution in [-0.4, -0.2) is 20.7 Å². The van der Waals surface area contributed by atoms with Gasteiger partial charge in [-0.2, -0.15) is 15.0 Å². The number of nitrogens with one attached hydrogen (secondary N) is 3. The van der Waals surface area contributed by atoms with Gasteiger partial charge in [-0.15, -0.1) is 0 Å². The Labute approximate surface area is 216 Å². The molecule has 38 heavy (non-hydrogen) atoms. The van der Waals surface area contributed by atoms with Crippen LogP contribution in [0.4, 0.5) is 43.7 Å². The highest BCUT2D eigenvalue weighted by molar-refractivity contribution is 6.06. The fourth-order valence-electron chi connectivity index (χ4n) is 3.36. The maximum absolute atomic E-state index is 13.3. The van der Waals surface area contributed by atoms with E-state index in [9.17, 15) is 13.6 Å². The Morgan fingerprint density at radius 2 is 1.11 bits per heavy atom. The molecular formula is C28H20F2N6O2. The van der Waals surface area contributed by atoms with Crippen molar-refractivity contribution in [3.8, 4) is 0 Å². The Hall–Kier alpha value is -5.38. The van der Waals surface area contributed by atoms with Gasteiger partial charge in [0, 0.05) is 22.6 Å². The maximum atomic E-state index is 13.3. The largest absolute Gasteiger partial charge is 0.465 e. The quantitative estimate of drug-likeness (QED) is 0.146. The van der Waals surface area contributed by atoms with Crippen LogP contribution in [0.3, 0.4) is 0 Å². The third kappa shape index (κ3) is 6.43. The number of benzene rings is 3. The minimum Gasteiger partial charge on any atom is -0.465 e. The van der Waals surface area contributed by atoms with Gasteiger partial charge in [0.15, 0.2) is 5.78 Å². The molecule has 5 rings (SSSR count). The molecular weight excluding hydrogens is 490 g/mol. The Morgan fingerprint density at radius 1 is 0.658 bits per heavy atom. The first-order chi connectivity index (χ1) is 18.5. The lowest BCUT2D eigenvalue weighted by atomic mass is 10.1. The van der Waals surface area contributed by atoms with Crippen molar-refractivity contribution in [2.45, 2.75) is 0 Å². The van der Waals surface area contributed by atoms with Crippen molar-refractivity contribution in [1.29, 1.82) is 0 Å². The molecule has 0 saturated carbocycles. The molecule has 0 unspecified atom stereocenters. The monoisotopic (exact) mass is 510 g/mol. The van der Waals surface area contributed by atoms with E-state index in [2.05, 4.69) is 30.9 Å². The number of halogens is 2. The molecule has 0 aliphatic heterocycles. The number of allylic oxidation sites excluding steroid dienone is 1. The summed E-state index contributed by atoms with van der Waals surface area (Å²) in [5.74, 6) is 0.246. The van der Waals surface area contributed by atoms with Gasteiger partial charge in [0.2, 0.25) is 17.8 Å². The molecule has 2 heterocycles. The van der Waals surface area contributed by atoms with Gasteiger partial charge in [-0.3, -0.25) is 4.79 Å². The first kappa shape index (κ1) is 24.3. The number of aromatic nitrogens is 3. The molecule has 8 nitrogen and oxygen atoms in total. The molecule has 10 heteroatoms. The lowest BCUT2D eigenvalue weighted by Gasteiger charge is -2.12. The maximum Gasteiger partial charge on any atom is 0.233 e. The number of carbonyl (C=O) groups excluding carboxylic acids is 1. The van der Waals surface area contributed by atoms with Crippen LogP contribution in [0.25, 0.3) is 6.08 Å². The summed E-state index contributed by atoms with van der Waals surface area (Å²) in [6.07, 6.45) is 4.58. The number of furan rings is 1. The second kappa shape index (κ2) is 11.1. The summed E-state index contributed by atoms with van der Waals surface area (Å²) in [6, 6.07) is 21.7. The summed E-state index contributed by atoms with van der Waals surface area (Å²) in [5.41, 5.74) is 2.26. The van der Waals surface area contributed by atoms with Crippen molar-refractivity contribution < 1.29 is 18.0 Å². The fourth-order valence-corrected chi connectivity index (χ4v) is 3.36. The highest BCUT2D eigenvalue weighted by Crippen LogP contribution is 2.22. The zero-order valence-corrected chi connectivity index (χ0v) is 19.7. The minimum atomic E-state index is -0.370. The Morgan fingerprint density at radius 3 is 1.53 bits per heavy atom. The Kier molecular flexibility index (Phi) is 7.12. The van der Waals surface area contributed by atoms with Gasteiger partial charge in [-0.1, -0.05) is 0 Å². The molecule has 0 bridgehead atoms. The van der Waals surface area contributed by atoms with Gasteiger partial charge in [0.1, 0.15) is 17.4 Å². The van der Waals surface area contributed by atoms with E-state index in [1.807, 2.05) is 0 Å². The van der Waals surface area contributed by atoms with E-state index >= 15 is 0 Å². The number of ketones is 1. The predicted molar refractivity (Wildman–Crippen MR) is 141 cm³/mol. The van der Waals surface area contributed by atoms with Crippen LogP contribution in [0.2, 0.25) is 0 Å². The van der Waals surface area contributed by atoms with Crippen LogP contribution in [0.15, 0.2) is 102 Å². The zero-order chi connectivity index (χ0) is 26.3. The average Bonchev–Trinajstić information content (AvgIpc) is 3.44. The zero-order valence-electron chi connectivity index (χ0n) is 19.7. The molecule has 5 aromatic rings. The van der Waals surface area contributed by atoms with Crippen molar-refractivity contribution in [1.82, 2.24) is 15.0 Å². The van der Waals surface area contributed by atoms with E-state index in [1.165, 1.54) is 36.6 Å². The summed E-state index contributed by atoms with van der Waals surface area (Å²) < 4.78 is 31.8. The Bertz CT molecular complexity index is 1490. The number of rotatable bonds is 9. The highest BCUT2D eigenvalue weighted by atomic mass is 19.1. The third-order valence-corrected chi connectivity index (χ3v) is 5.20. The number of carbonyl (C=O) groups is 1. The lowest BCUT2D eigenvalue weighted by Crippen LogP contribution is -2.07. The molecule has 0 saturated heterocycles. The minimum absolute atomic E-state index is 0.176. The SMILES string of the molecule is O=C(/C=C/c1ccco1)c1ccc(Nc2nc(Nc3ccc(F)cc3)nc(Nc3ccc(F)cc3)n2)cc1. The van der Waals surface area contributed by atoms with Crippen LogP contribution in [0.5, 0.6) is 0 Å². The second-order valence-corrected chi connectivity index (χ2v) is 7.99. The molecule has 0 aliphatic rings. The Balaban J connectivity index is 1.36. The smallest absolute Gasteiger partial charge is 0.233 e. The van der Waals surface area contributed by atoms with Crippen molar-refractivity contribution in [2.24, 2.45) is 0 Å². The van der Waals surface area contributed by atoms with Crippen molar-refractivity contribution in [3.05, 3.63) is 120 Å². The molecule has 3 aromatic carbocycles. The van der Waals surface area contributed by atoms with Gasteiger partial charge in [-0.25, -0.2) is 8.78 Å². The normalized spacial score (nSPS) is 10.9. The van der Waals surface area contributed by atoms with E-state index in [4.69, 9.17) is 4.42 Å². The molecule has 188 valence electrons. The summed E-state index contributed by atoms with van der Waals surface area (Å²) in [5, 5.41) is 9.12.